The van der Waals surface area contributed by atoms with Crippen molar-refractivity contribution in [3.63, 3.8) is 0 Å². The molecule has 3 rings (SSSR count). The van der Waals surface area contributed by atoms with Crippen LogP contribution in [0.1, 0.15) is 36.2 Å². The lowest BCUT2D eigenvalue weighted by Crippen LogP contribution is -2.51. The lowest BCUT2D eigenvalue weighted by atomic mass is 9.96. The molecule has 2 amide bonds. The highest BCUT2D eigenvalue weighted by Gasteiger charge is 2.38. The Morgan fingerprint density at radius 3 is 2.60 bits per heavy atom. The zero-order valence-electron chi connectivity index (χ0n) is 14.8. The van der Waals surface area contributed by atoms with Crippen LogP contribution in [-0.4, -0.2) is 33.9 Å². The molecule has 0 fully saturated rings. The standard InChI is InChI=1S/C20H25N3O2/c1-3-15(2)18(19(24)21-10-13-22-11-6-7-12-22)23-14-16-8-4-5-9-17(16)20(23)25/h4-9,11-12,15,18H,3,10,13-14H2,1-2H3,(H,21,24)/t15-,18-/m1/s1. The highest BCUT2D eigenvalue weighted by molar-refractivity contribution is 6.01. The Labute approximate surface area is 148 Å². The third kappa shape index (κ3) is 3.60. The van der Waals surface area contributed by atoms with Gasteiger partial charge in [-0.2, -0.15) is 0 Å². The van der Waals surface area contributed by atoms with Crippen molar-refractivity contribution in [1.82, 2.24) is 14.8 Å². The molecule has 0 saturated carbocycles. The Morgan fingerprint density at radius 1 is 1.20 bits per heavy atom. The second-order valence-electron chi connectivity index (χ2n) is 6.63. The van der Waals surface area contributed by atoms with E-state index in [-0.39, 0.29) is 17.7 Å². The molecule has 1 aliphatic heterocycles. The maximum Gasteiger partial charge on any atom is 0.255 e. The molecule has 1 N–H and O–H groups in total. The van der Waals surface area contributed by atoms with E-state index < -0.39 is 6.04 Å². The molecule has 25 heavy (non-hydrogen) atoms. The monoisotopic (exact) mass is 339 g/mol. The van der Waals surface area contributed by atoms with Crippen molar-refractivity contribution in [2.24, 2.45) is 5.92 Å². The van der Waals surface area contributed by atoms with Gasteiger partial charge in [0.15, 0.2) is 0 Å². The number of hydrogen-bond donors (Lipinski definition) is 1. The SMILES string of the molecule is CC[C@@H](C)[C@H](C(=O)NCCn1cccc1)N1Cc2ccccc2C1=O. The minimum absolute atomic E-state index is 0.0403. The number of hydrogen-bond acceptors (Lipinski definition) is 2. The van der Waals surface area contributed by atoms with E-state index in [4.69, 9.17) is 0 Å². The topological polar surface area (TPSA) is 54.3 Å². The van der Waals surface area contributed by atoms with Gasteiger partial charge in [0.2, 0.25) is 5.91 Å². The van der Waals surface area contributed by atoms with Gasteiger partial charge in [0.25, 0.3) is 5.91 Å². The molecule has 1 aromatic carbocycles. The Bertz CT molecular complexity index is 739. The van der Waals surface area contributed by atoms with Crippen LogP contribution in [0.3, 0.4) is 0 Å². The number of carbonyl (C=O) groups is 2. The minimum Gasteiger partial charge on any atom is -0.353 e. The molecule has 1 aliphatic rings. The minimum atomic E-state index is -0.436. The smallest absolute Gasteiger partial charge is 0.255 e. The Hall–Kier alpha value is -2.56. The number of nitrogens with zero attached hydrogens (tertiary/aromatic N) is 2. The van der Waals surface area contributed by atoms with Gasteiger partial charge in [0.1, 0.15) is 6.04 Å². The number of benzene rings is 1. The van der Waals surface area contributed by atoms with Crippen molar-refractivity contribution in [3.05, 3.63) is 59.9 Å². The molecule has 0 spiro atoms. The molecule has 132 valence electrons. The fourth-order valence-corrected chi connectivity index (χ4v) is 3.36. The predicted octanol–water partition coefficient (Wildman–Crippen LogP) is 2.68. The van der Waals surface area contributed by atoms with Crippen LogP contribution in [0.15, 0.2) is 48.8 Å². The Kier molecular flexibility index (Phi) is 5.22. The first-order chi connectivity index (χ1) is 12.1. The van der Waals surface area contributed by atoms with Gasteiger partial charge in [-0.15, -0.1) is 0 Å². The van der Waals surface area contributed by atoms with Crippen molar-refractivity contribution < 1.29 is 9.59 Å². The first kappa shape index (κ1) is 17.3. The summed E-state index contributed by atoms with van der Waals surface area (Å²) in [4.78, 5) is 27.3. The van der Waals surface area contributed by atoms with Crippen LogP contribution in [0.5, 0.6) is 0 Å². The molecule has 2 atom stereocenters. The lowest BCUT2D eigenvalue weighted by molar-refractivity contribution is -0.127. The number of rotatable bonds is 7. The molecule has 2 heterocycles. The Balaban J connectivity index is 1.70. The number of fused-ring (bicyclic) bond motifs is 1. The van der Waals surface area contributed by atoms with Crippen LogP contribution in [-0.2, 0) is 17.9 Å². The number of nitrogens with one attached hydrogen (secondary N) is 1. The third-order valence-corrected chi connectivity index (χ3v) is 4.97. The molecule has 0 saturated heterocycles. The van der Waals surface area contributed by atoms with Gasteiger partial charge in [-0.25, -0.2) is 0 Å². The molecule has 2 aromatic rings. The van der Waals surface area contributed by atoms with Gasteiger partial charge < -0.3 is 14.8 Å². The normalized spacial score (nSPS) is 15.8. The molecule has 0 bridgehead atoms. The highest BCUT2D eigenvalue weighted by Crippen LogP contribution is 2.28. The number of aromatic nitrogens is 1. The van der Waals surface area contributed by atoms with Crippen LogP contribution in [0.25, 0.3) is 0 Å². The quantitative estimate of drug-likeness (QED) is 0.843. The zero-order valence-corrected chi connectivity index (χ0v) is 14.8. The van der Waals surface area contributed by atoms with Gasteiger partial charge in [-0.1, -0.05) is 38.5 Å². The van der Waals surface area contributed by atoms with Crippen LogP contribution < -0.4 is 5.32 Å². The third-order valence-electron chi connectivity index (χ3n) is 4.97. The summed E-state index contributed by atoms with van der Waals surface area (Å²) in [5.41, 5.74) is 1.72. The average molecular weight is 339 g/mol. The number of carbonyl (C=O) groups excluding carboxylic acids is 2. The molecule has 0 unspecified atom stereocenters. The van der Waals surface area contributed by atoms with Crippen LogP contribution in [0.2, 0.25) is 0 Å². The van der Waals surface area contributed by atoms with E-state index in [1.54, 1.807) is 4.90 Å². The second kappa shape index (κ2) is 7.55. The van der Waals surface area contributed by atoms with Gasteiger partial charge in [0.05, 0.1) is 0 Å². The molecule has 0 aliphatic carbocycles. The molecular formula is C20H25N3O2. The summed E-state index contributed by atoms with van der Waals surface area (Å²) in [7, 11) is 0. The summed E-state index contributed by atoms with van der Waals surface area (Å²) in [5.74, 6) is -0.00559. The summed E-state index contributed by atoms with van der Waals surface area (Å²) in [6, 6.07) is 11.1. The molecular weight excluding hydrogens is 314 g/mol. The van der Waals surface area contributed by atoms with Crippen LogP contribution in [0, 0.1) is 5.92 Å². The fraction of sp³-hybridized carbons (Fsp3) is 0.400. The summed E-state index contributed by atoms with van der Waals surface area (Å²) in [6.45, 7) is 5.87. The lowest BCUT2D eigenvalue weighted by Gasteiger charge is -2.31. The largest absolute Gasteiger partial charge is 0.353 e. The summed E-state index contributed by atoms with van der Waals surface area (Å²) in [5, 5.41) is 3.01. The van der Waals surface area contributed by atoms with E-state index in [0.717, 1.165) is 24.1 Å². The van der Waals surface area contributed by atoms with Gasteiger partial charge in [0, 0.05) is 37.6 Å². The van der Waals surface area contributed by atoms with E-state index in [1.165, 1.54) is 0 Å². The van der Waals surface area contributed by atoms with E-state index in [0.29, 0.717) is 13.1 Å². The summed E-state index contributed by atoms with van der Waals surface area (Å²) < 4.78 is 2.02. The Morgan fingerprint density at radius 2 is 1.92 bits per heavy atom. The van der Waals surface area contributed by atoms with Gasteiger partial charge in [-0.05, 0) is 29.7 Å². The highest BCUT2D eigenvalue weighted by atomic mass is 16.2. The number of amides is 2. The maximum atomic E-state index is 12.8. The maximum absolute atomic E-state index is 12.8. The molecule has 1 aromatic heterocycles. The average Bonchev–Trinajstić information content (AvgIpc) is 3.24. The van der Waals surface area contributed by atoms with Crippen molar-refractivity contribution in [3.8, 4) is 0 Å². The van der Waals surface area contributed by atoms with E-state index in [1.807, 2.05) is 60.3 Å². The molecule has 5 nitrogen and oxygen atoms in total. The summed E-state index contributed by atoms with van der Waals surface area (Å²) >= 11 is 0. The first-order valence-corrected chi connectivity index (χ1v) is 8.89. The van der Waals surface area contributed by atoms with Gasteiger partial charge >= 0.3 is 0 Å². The van der Waals surface area contributed by atoms with E-state index in [2.05, 4.69) is 12.2 Å². The van der Waals surface area contributed by atoms with Crippen molar-refractivity contribution in [2.45, 2.75) is 39.4 Å². The second-order valence-corrected chi connectivity index (χ2v) is 6.63. The fourth-order valence-electron chi connectivity index (χ4n) is 3.36. The van der Waals surface area contributed by atoms with E-state index in [9.17, 15) is 9.59 Å². The first-order valence-electron chi connectivity index (χ1n) is 8.89. The molecule has 0 radical (unpaired) electrons. The van der Waals surface area contributed by atoms with Crippen LogP contribution >= 0.6 is 0 Å². The van der Waals surface area contributed by atoms with Crippen molar-refractivity contribution >= 4 is 11.8 Å². The predicted molar refractivity (Wildman–Crippen MR) is 97.0 cm³/mol. The van der Waals surface area contributed by atoms with Crippen molar-refractivity contribution in [2.75, 3.05) is 6.54 Å². The van der Waals surface area contributed by atoms with Crippen LogP contribution in [0.4, 0.5) is 0 Å². The zero-order chi connectivity index (χ0) is 17.8. The molecule has 5 heteroatoms. The van der Waals surface area contributed by atoms with Gasteiger partial charge in [-0.3, -0.25) is 9.59 Å². The summed E-state index contributed by atoms with van der Waals surface area (Å²) in [6.07, 6.45) is 4.79. The van der Waals surface area contributed by atoms with E-state index >= 15 is 0 Å². The van der Waals surface area contributed by atoms with Crippen molar-refractivity contribution in [1.29, 1.82) is 0 Å².